The molecule has 0 N–H and O–H groups in total. The van der Waals surface area contributed by atoms with E-state index < -0.39 is 0 Å². The van der Waals surface area contributed by atoms with Crippen LogP contribution in [0.4, 0.5) is 0 Å². The Kier molecular flexibility index (Phi) is 4.90. The largest absolute Gasteiger partial charge is 0.347 e. The van der Waals surface area contributed by atoms with Crippen molar-refractivity contribution in [2.75, 3.05) is 13.2 Å². The third kappa shape index (κ3) is 4.73. The van der Waals surface area contributed by atoms with Gasteiger partial charge >= 0.3 is 0 Å². The summed E-state index contributed by atoms with van der Waals surface area (Å²) in [5.41, 5.74) is 0.786. The van der Waals surface area contributed by atoms with Gasteiger partial charge in [-0.2, -0.15) is 0 Å². The number of carbonyl (C=O) groups is 1. The second-order valence-corrected chi connectivity index (χ2v) is 4.73. The lowest BCUT2D eigenvalue weighted by atomic mass is 9.88. The second-order valence-electron chi connectivity index (χ2n) is 4.73. The molecule has 0 radical (unpaired) electrons. The van der Waals surface area contributed by atoms with Crippen molar-refractivity contribution >= 4 is 6.29 Å². The van der Waals surface area contributed by atoms with E-state index in [-0.39, 0.29) is 11.7 Å². The highest BCUT2D eigenvalue weighted by atomic mass is 16.7. The lowest BCUT2D eigenvalue weighted by molar-refractivity contribution is -0.104. The van der Waals surface area contributed by atoms with Crippen molar-refractivity contribution < 1.29 is 14.3 Å². The van der Waals surface area contributed by atoms with Gasteiger partial charge in [-0.25, -0.2) is 0 Å². The molecular weight excluding hydrogens is 204 g/mol. The van der Waals surface area contributed by atoms with Crippen LogP contribution in [0.5, 0.6) is 0 Å². The highest BCUT2D eigenvalue weighted by Gasteiger charge is 2.16. The van der Waals surface area contributed by atoms with Crippen LogP contribution in [0.3, 0.4) is 0 Å². The molecule has 0 saturated carbocycles. The molecule has 1 fully saturated rings. The Morgan fingerprint density at radius 3 is 2.56 bits per heavy atom. The summed E-state index contributed by atoms with van der Waals surface area (Å²) in [6, 6.07) is 0. The van der Waals surface area contributed by atoms with Crippen molar-refractivity contribution in [3.05, 3.63) is 23.8 Å². The van der Waals surface area contributed by atoms with E-state index in [0.717, 1.165) is 18.3 Å². The maximum Gasteiger partial charge on any atom is 0.177 e. The molecule has 0 aliphatic carbocycles. The minimum Gasteiger partial charge on any atom is -0.347 e. The van der Waals surface area contributed by atoms with Gasteiger partial charge in [-0.15, -0.1) is 0 Å². The molecule has 16 heavy (non-hydrogen) atoms. The highest BCUT2D eigenvalue weighted by molar-refractivity contribution is 5.71. The molecular formula is C13H20O3. The fourth-order valence-electron chi connectivity index (χ4n) is 1.37. The molecule has 0 aromatic rings. The summed E-state index contributed by atoms with van der Waals surface area (Å²) >= 11 is 0. The molecule has 1 aliphatic heterocycles. The Morgan fingerprint density at radius 1 is 1.38 bits per heavy atom. The molecule has 1 aliphatic rings. The summed E-state index contributed by atoms with van der Waals surface area (Å²) in [5, 5.41) is 0. The molecule has 90 valence electrons. The summed E-state index contributed by atoms with van der Waals surface area (Å²) in [6.07, 6.45) is 7.49. The van der Waals surface area contributed by atoms with Gasteiger partial charge in [0.05, 0.1) is 13.2 Å². The van der Waals surface area contributed by atoms with Crippen LogP contribution in [-0.4, -0.2) is 25.8 Å². The number of rotatable bonds is 5. The van der Waals surface area contributed by atoms with Crippen LogP contribution in [0.25, 0.3) is 0 Å². The predicted molar refractivity (Wildman–Crippen MR) is 63.1 cm³/mol. The Morgan fingerprint density at radius 2 is 2.00 bits per heavy atom. The quantitative estimate of drug-likeness (QED) is 0.409. The van der Waals surface area contributed by atoms with E-state index in [1.807, 2.05) is 19.1 Å². The summed E-state index contributed by atoms with van der Waals surface area (Å²) in [6.45, 7) is 7.38. The van der Waals surface area contributed by atoms with Gasteiger partial charge in [0.1, 0.15) is 6.29 Å². The number of hydrogen-bond donors (Lipinski definition) is 0. The summed E-state index contributed by atoms with van der Waals surface area (Å²) in [4.78, 5) is 10.5. The average molecular weight is 224 g/mol. The van der Waals surface area contributed by atoms with Gasteiger partial charge in [-0.05, 0) is 30.4 Å². The van der Waals surface area contributed by atoms with E-state index in [4.69, 9.17) is 9.47 Å². The predicted octanol–water partition coefficient (Wildman–Crippen LogP) is 2.48. The molecule has 0 unspecified atom stereocenters. The smallest absolute Gasteiger partial charge is 0.177 e. The second kappa shape index (κ2) is 5.97. The van der Waals surface area contributed by atoms with Gasteiger partial charge in [0.15, 0.2) is 6.29 Å². The van der Waals surface area contributed by atoms with E-state index in [2.05, 4.69) is 19.9 Å². The van der Waals surface area contributed by atoms with Gasteiger partial charge in [0, 0.05) is 0 Å². The maximum absolute atomic E-state index is 10.5. The van der Waals surface area contributed by atoms with Crippen molar-refractivity contribution in [1.29, 1.82) is 0 Å². The Labute approximate surface area is 97.1 Å². The van der Waals surface area contributed by atoms with Crippen molar-refractivity contribution in [2.24, 2.45) is 5.41 Å². The normalized spacial score (nSPS) is 19.6. The van der Waals surface area contributed by atoms with Crippen LogP contribution in [0.2, 0.25) is 0 Å². The zero-order chi connectivity index (χ0) is 12.0. The molecule has 0 aromatic heterocycles. The van der Waals surface area contributed by atoms with Crippen LogP contribution in [0.1, 0.15) is 27.2 Å². The van der Waals surface area contributed by atoms with Crippen molar-refractivity contribution in [3.8, 4) is 0 Å². The van der Waals surface area contributed by atoms with Crippen molar-refractivity contribution in [2.45, 2.75) is 33.5 Å². The Hall–Kier alpha value is -0.930. The third-order valence-corrected chi connectivity index (χ3v) is 2.49. The van der Waals surface area contributed by atoms with Crippen LogP contribution in [-0.2, 0) is 14.3 Å². The molecule has 0 spiro atoms. The molecule has 3 nitrogen and oxygen atoms in total. The first-order chi connectivity index (χ1) is 7.53. The highest BCUT2D eigenvalue weighted by Crippen LogP contribution is 2.24. The standard InChI is InChI=1S/C13H20O3/c1-11(10-14)4-6-13(2,3)7-5-12-15-8-9-16-12/h4-5,7,10,12H,6,8-9H2,1-3H3/b7-5+,11-4+. The molecule has 1 heterocycles. The number of ether oxygens (including phenoxy) is 2. The third-order valence-electron chi connectivity index (χ3n) is 2.49. The summed E-state index contributed by atoms with van der Waals surface area (Å²) in [5.74, 6) is 0. The lowest BCUT2D eigenvalue weighted by Crippen LogP contribution is -2.09. The average Bonchev–Trinajstić information content (AvgIpc) is 2.76. The topological polar surface area (TPSA) is 35.5 Å². The Bertz CT molecular complexity index is 284. The minimum atomic E-state index is -0.199. The van der Waals surface area contributed by atoms with Gasteiger partial charge in [0.25, 0.3) is 0 Å². The van der Waals surface area contributed by atoms with E-state index in [1.54, 1.807) is 0 Å². The fraction of sp³-hybridized carbons (Fsp3) is 0.615. The zero-order valence-electron chi connectivity index (χ0n) is 10.2. The first kappa shape index (κ1) is 13.1. The SMILES string of the molecule is C/C(C=O)=C\CC(C)(C)/C=C/C1OCCO1. The number of hydrogen-bond acceptors (Lipinski definition) is 3. The molecule has 0 aromatic carbocycles. The van der Waals surface area contributed by atoms with Gasteiger partial charge < -0.3 is 9.47 Å². The van der Waals surface area contributed by atoms with Crippen molar-refractivity contribution in [3.63, 3.8) is 0 Å². The summed E-state index contributed by atoms with van der Waals surface area (Å²) < 4.78 is 10.6. The van der Waals surface area contributed by atoms with E-state index in [1.165, 1.54) is 0 Å². The first-order valence-electron chi connectivity index (χ1n) is 5.58. The van der Waals surface area contributed by atoms with Gasteiger partial charge in [0.2, 0.25) is 0 Å². The maximum atomic E-state index is 10.5. The van der Waals surface area contributed by atoms with E-state index in [9.17, 15) is 4.79 Å². The first-order valence-corrected chi connectivity index (χ1v) is 5.58. The molecule has 3 heteroatoms. The van der Waals surface area contributed by atoms with Crippen LogP contribution in [0.15, 0.2) is 23.8 Å². The molecule has 0 amide bonds. The summed E-state index contributed by atoms with van der Waals surface area (Å²) in [7, 11) is 0. The monoisotopic (exact) mass is 224 g/mol. The fourth-order valence-corrected chi connectivity index (χ4v) is 1.37. The van der Waals surface area contributed by atoms with E-state index >= 15 is 0 Å². The Balaban J connectivity index is 2.46. The molecule has 0 atom stereocenters. The molecule has 1 rings (SSSR count). The van der Waals surface area contributed by atoms with E-state index in [0.29, 0.717) is 13.2 Å². The lowest BCUT2D eigenvalue weighted by Gasteiger charge is -2.18. The van der Waals surface area contributed by atoms with Gasteiger partial charge in [-0.1, -0.05) is 26.0 Å². The minimum absolute atomic E-state index is 0.0135. The number of allylic oxidation sites excluding steroid dienone is 3. The van der Waals surface area contributed by atoms with Crippen LogP contribution >= 0.6 is 0 Å². The number of carbonyl (C=O) groups excluding carboxylic acids is 1. The number of aldehydes is 1. The molecule has 1 saturated heterocycles. The zero-order valence-corrected chi connectivity index (χ0v) is 10.2. The molecule has 0 bridgehead atoms. The van der Waals surface area contributed by atoms with Crippen LogP contribution in [0, 0.1) is 5.41 Å². The van der Waals surface area contributed by atoms with Crippen molar-refractivity contribution in [1.82, 2.24) is 0 Å². The van der Waals surface area contributed by atoms with Crippen LogP contribution < -0.4 is 0 Å². The van der Waals surface area contributed by atoms with Gasteiger partial charge in [-0.3, -0.25) is 4.79 Å².